The van der Waals surface area contributed by atoms with Crippen molar-refractivity contribution in [2.24, 2.45) is 0 Å². The molecule has 0 radical (unpaired) electrons. The molecule has 0 bridgehead atoms. The van der Waals surface area contributed by atoms with Crippen LogP contribution in [0.3, 0.4) is 0 Å². The molecule has 0 spiro atoms. The molecule has 1 heterocycles. The number of carbonyl (C=O) groups excluding carboxylic acids is 2. The summed E-state index contributed by atoms with van der Waals surface area (Å²) in [7, 11) is -3.26. The lowest BCUT2D eigenvalue weighted by molar-refractivity contribution is -0.111. The van der Waals surface area contributed by atoms with Crippen LogP contribution in [0.4, 0.5) is 11.4 Å². The molecule has 0 atom stereocenters. The molecule has 1 aliphatic rings. The summed E-state index contributed by atoms with van der Waals surface area (Å²) in [4.78, 5) is 24.0. The third kappa shape index (κ3) is 3.61. The van der Waals surface area contributed by atoms with Crippen molar-refractivity contribution in [2.45, 2.75) is 11.3 Å². The molecule has 3 rings (SSSR count). The van der Waals surface area contributed by atoms with E-state index in [1.165, 1.54) is 12.1 Å². The Morgan fingerprint density at radius 3 is 2.56 bits per heavy atom. The van der Waals surface area contributed by atoms with Crippen LogP contribution in [-0.4, -0.2) is 26.0 Å². The number of rotatable bonds is 4. The molecular weight excluding hydrogens is 340 g/mol. The molecule has 0 fully saturated rings. The molecule has 0 aromatic heterocycles. The summed E-state index contributed by atoms with van der Waals surface area (Å²) in [5.74, 6) is -0.670. The lowest BCUT2D eigenvalue weighted by Gasteiger charge is -2.09. The Morgan fingerprint density at radius 2 is 1.80 bits per heavy atom. The first kappa shape index (κ1) is 16.9. The molecule has 2 N–H and O–H groups in total. The second-order valence-electron chi connectivity index (χ2n) is 5.62. The highest BCUT2D eigenvalue weighted by molar-refractivity contribution is 7.91. The first-order valence-corrected chi connectivity index (χ1v) is 9.25. The minimum atomic E-state index is -3.26. The fourth-order valence-corrected chi connectivity index (χ4v) is 4.20. The van der Waals surface area contributed by atoms with Crippen LogP contribution in [0.15, 0.2) is 60.0 Å². The molecule has 7 heteroatoms. The van der Waals surface area contributed by atoms with E-state index in [9.17, 15) is 18.0 Å². The number of anilines is 2. The van der Waals surface area contributed by atoms with Gasteiger partial charge in [-0.15, -0.1) is 0 Å². The van der Waals surface area contributed by atoms with Gasteiger partial charge in [0.25, 0.3) is 5.91 Å². The zero-order valence-corrected chi connectivity index (χ0v) is 14.1. The third-order valence-corrected chi connectivity index (χ3v) is 5.67. The standard InChI is InChI=1S/C18H16N2O4S/c1-2-17(21)19-14-5-3-4-13(10-14)18(22)20-15-7-6-12-8-9-25(23,24)16(12)11-15/h2-7,10-11H,1,8-9H2,(H,19,21)(H,20,22). The predicted octanol–water partition coefficient (Wildman–Crippen LogP) is 2.39. The molecule has 0 aliphatic carbocycles. The van der Waals surface area contributed by atoms with Crippen molar-refractivity contribution in [3.05, 3.63) is 66.2 Å². The number of fused-ring (bicyclic) bond motifs is 1. The molecule has 1 aliphatic heterocycles. The van der Waals surface area contributed by atoms with Crippen molar-refractivity contribution >= 4 is 33.0 Å². The number of hydrogen-bond donors (Lipinski definition) is 2. The summed E-state index contributed by atoms with van der Waals surface area (Å²) in [6, 6.07) is 11.3. The lowest BCUT2D eigenvalue weighted by Crippen LogP contribution is -2.13. The monoisotopic (exact) mass is 356 g/mol. The fourth-order valence-electron chi connectivity index (χ4n) is 2.62. The molecule has 128 valence electrons. The number of benzene rings is 2. The van der Waals surface area contributed by atoms with Gasteiger partial charge >= 0.3 is 0 Å². The SMILES string of the molecule is C=CC(=O)Nc1cccc(C(=O)Nc2ccc3c(c2)S(=O)(=O)CC3)c1. The number of sulfone groups is 1. The summed E-state index contributed by atoms with van der Waals surface area (Å²) in [5.41, 5.74) is 1.99. The van der Waals surface area contributed by atoms with E-state index < -0.39 is 15.7 Å². The first-order chi connectivity index (χ1) is 11.9. The maximum Gasteiger partial charge on any atom is 0.255 e. The fraction of sp³-hybridized carbons (Fsp3) is 0.111. The van der Waals surface area contributed by atoms with Crippen LogP contribution in [0.1, 0.15) is 15.9 Å². The van der Waals surface area contributed by atoms with Crippen molar-refractivity contribution in [2.75, 3.05) is 16.4 Å². The molecular formula is C18H16N2O4S. The molecule has 6 nitrogen and oxygen atoms in total. The van der Waals surface area contributed by atoms with Crippen LogP contribution in [0.25, 0.3) is 0 Å². The quantitative estimate of drug-likeness (QED) is 0.823. The van der Waals surface area contributed by atoms with Gasteiger partial charge < -0.3 is 10.6 Å². The molecule has 0 saturated carbocycles. The summed E-state index contributed by atoms with van der Waals surface area (Å²) in [5, 5.41) is 5.26. The lowest BCUT2D eigenvalue weighted by atomic mass is 10.1. The van der Waals surface area contributed by atoms with Gasteiger partial charge in [0.2, 0.25) is 5.91 Å². The predicted molar refractivity (Wildman–Crippen MR) is 95.4 cm³/mol. The van der Waals surface area contributed by atoms with Gasteiger partial charge in [0.05, 0.1) is 10.6 Å². The zero-order valence-electron chi connectivity index (χ0n) is 13.3. The van der Waals surface area contributed by atoms with Crippen molar-refractivity contribution in [3.8, 4) is 0 Å². The number of nitrogens with one attached hydrogen (secondary N) is 2. The number of amides is 2. The Labute approximate surface area is 145 Å². The molecule has 25 heavy (non-hydrogen) atoms. The molecule has 0 saturated heterocycles. The highest BCUT2D eigenvalue weighted by Crippen LogP contribution is 2.28. The van der Waals surface area contributed by atoms with Gasteiger partial charge in [-0.2, -0.15) is 0 Å². The second-order valence-corrected chi connectivity index (χ2v) is 7.70. The summed E-state index contributed by atoms with van der Waals surface area (Å²) in [6.45, 7) is 3.37. The Kier molecular flexibility index (Phi) is 4.41. The van der Waals surface area contributed by atoms with Crippen LogP contribution in [0, 0.1) is 0 Å². The third-order valence-electron chi connectivity index (χ3n) is 3.88. The van der Waals surface area contributed by atoms with E-state index in [1.54, 1.807) is 30.3 Å². The minimum absolute atomic E-state index is 0.102. The van der Waals surface area contributed by atoms with Crippen molar-refractivity contribution in [1.29, 1.82) is 0 Å². The average Bonchev–Trinajstić information content (AvgIpc) is 2.90. The topological polar surface area (TPSA) is 92.3 Å². The van der Waals surface area contributed by atoms with Crippen LogP contribution < -0.4 is 10.6 Å². The van der Waals surface area contributed by atoms with Crippen molar-refractivity contribution in [3.63, 3.8) is 0 Å². The van der Waals surface area contributed by atoms with E-state index in [2.05, 4.69) is 17.2 Å². The number of carbonyl (C=O) groups is 2. The zero-order chi connectivity index (χ0) is 18.0. The Hall–Kier alpha value is -2.93. The largest absolute Gasteiger partial charge is 0.323 e. The molecule has 2 amide bonds. The number of hydrogen-bond acceptors (Lipinski definition) is 4. The van der Waals surface area contributed by atoms with Crippen LogP contribution in [-0.2, 0) is 21.1 Å². The molecule has 0 unspecified atom stereocenters. The Bertz CT molecular complexity index is 980. The maximum atomic E-state index is 12.4. The maximum absolute atomic E-state index is 12.4. The summed E-state index contributed by atoms with van der Waals surface area (Å²) >= 11 is 0. The minimum Gasteiger partial charge on any atom is -0.323 e. The average molecular weight is 356 g/mol. The smallest absolute Gasteiger partial charge is 0.255 e. The van der Waals surface area contributed by atoms with Gasteiger partial charge in [0.1, 0.15) is 0 Å². The van der Waals surface area contributed by atoms with E-state index in [1.807, 2.05) is 0 Å². The second kappa shape index (κ2) is 6.52. The van der Waals surface area contributed by atoms with Crippen LogP contribution in [0.5, 0.6) is 0 Å². The van der Waals surface area contributed by atoms with Crippen molar-refractivity contribution in [1.82, 2.24) is 0 Å². The van der Waals surface area contributed by atoms with E-state index >= 15 is 0 Å². The van der Waals surface area contributed by atoms with Crippen LogP contribution >= 0.6 is 0 Å². The Balaban J connectivity index is 1.80. The van der Waals surface area contributed by atoms with E-state index in [0.717, 1.165) is 11.6 Å². The molecule has 2 aromatic rings. The van der Waals surface area contributed by atoms with Gasteiger partial charge in [-0.25, -0.2) is 8.42 Å². The van der Waals surface area contributed by atoms with E-state index in [4.69, 9.17) is 0 Å². The summed E-state index contributed by atoms with van der Waals surface area (Å²) in [6.07, 6.45) is 1.63. The Morgan fingerprint density at radius 1 is 1.04 bits per heavy atom. The number of aryl methyl sites for hydroxylation is 1. The van der Waals surface area contributed by atoms with Crippen LogP contribution in [0.2, 0.25) is 0 Å². The van der Waals surface area contributed by atoms with Crippen molar-refractivity contribution < 1.29 is 18.0 Å². The highest BCUT2D eigenvalue weighted by Gasteiger charge is 2.26. The van der Waals surface area contributed by atoms with Gasteiger partial charge in [-0.3, -0.25) is 9.59 Å². The highest BCUT2D eigenvalue weighted by atomic mass is 32.2. The molecule has 2 aromatic carbocycles. The van der Waals surface area contributed by atoms with E-state index in [-0.39, 0.29) is 16.6 Å². The normalized spacial score (nSPS) is 14.4. The van der Waals surface area contributed by atoms with Gasteiger partial charge in [-0.1, -0.05) is 18.7 Å². The van der Waals surface area contributed by atoms with Gasteiger partial charge in [0, 0.05) is 16.9 Å². The van der Waals surface area contributed by atoms with Gasteiger partial charge in [-0.05, 0) is 48.4 Å². The van der Waals surface area contributed by atoms with Gasteiger partial charge in [0.15, 0.2) is 9.84 Å². The first-order valence-electron chi connectivity index (χ1n) is 7.59. The van der Waals surface area contributed by atoms with E-state index in [0.29, 0.717) is 23.4 Å². The summed E-state index contributed by atoms with van der Waals surface area (Å²) < 4.78 is 24.0.